The van der Waals surface area contributed by atoms with Crippen molar-refractivity contribution >= 4 is 27.3 Å². The van der Waals surface area contributed by atoms with Gasteiger partial charge >= 0.3 is 0 Å². The molecule has 20 heavy (non-hydrogen) atoms. The van der Waals surface area contributed by atoms with Crippen molar-refractivity contribution < 1.29 is 0 Å². The van der Waals surface area contributed by atoms with E-state index >= 15 is 0 Å². The zero-order valence-electron chi connectivity index (χ0n) is 10.9. The molecule has 2 aromatic rings. The van der Waals surface area contributed by atoms with Crippen LogP contribution in [0.5, 0.6) is 0 Å². The SMILES string of the molecule is N#Cc1cc(Br)cc(Nc2cccc3c2CCNC3)c1. The fourth-order valence-corrected chi connectivity index (χ4v) is 3.02. The normalized spacial score (nSPS) is 13.4. The molecule has 0 bridgehead atoms. The number of benzene rings is 2. The van der Waals surface area contributed by atoms with Gasteiger partial charge in [0.15, 0.2) is 0 Å². The second kappa shape index (κ2) is 5.66. The van der Waals surface area contributed by atoms with Crippen LogP contribution < -0.4 is 10.6 Å². The van der Waals surface area contributed by atoms with Crippen LogP contribution in [0.25, 0.3) is 0 Å². The maximum absolute atomic E-state index is 9.04. The average molecular weight is 328 g/mol. The van der Waals surface area contributed by atoms with Crippen LogP contribution in [0.2, 0.25) is 0 Å². The molecule has 0 amide bonds. The molecule has 3 rings (SSSR count). The molecule has 0 saturated heterocycles. The molecule has 3 nitrogen and oxygen atoms in total. The molecule has 0 spiro atoms. The monoisotopic (exact) mass is 327 g/mol. The van der Waals surface area contributed by atoms with Crippen LogP contribution in [-0.2, 0) is 13.0 Å². The summed E-state index contributed by atoms with van der Waals surface area (Å²) in [5.41, 5.74) is 5.42. The van der Waals surface area contributed by atoms with E-state index in [9.17, 15) is 0 Å². The summed E-state index contributed by atoms with van der Waals surface area (Å²) in [7, 11) is 0. The van der Waals surface area contributed by atoms with Crippen molar-refractivity contribution in [2.24, 2.45) is 0 Å². The Bertz CT molecular complexity index is 689. The Hall–Kier alpha value is -1.83. The van der Waals surface area contributed by atoms with Gasteiger partial charge in [0.1, 0.15) is 0 Å². The standard InChI is InChI=1S/C16H14BrN3/c17-13-6-11(9-18)7-14(8-13)20-16-3-1-2-12-10-19-5-4-15(12)16/h1-3,6-8,19-20H,4-5,10H2. The Morgan fingerprint density at radius 3 is 3.00 bits per heavy atom. The molecule has 0 atom stereocenters. The van der Waals surface area contributed by atoms with Crippen molar-refractivity contribution in [2.75, 3.05) is 11.9 Å². The van der Waals surface area contributed by atoms with E-state index in [-0.39, 0.29) is 0 Å². The van der Waals surface area contributed by atoms with Crippen LogP contribution in [0.15, 0.2) is 40.9 Å². The van der Waals surface area contributed by atoms with Gasteiger partial charge in [0.2, 0.25) is 0 Å². The van der Waals surface area contributed by atoms with Gasteiger partial charge in [-0.05, 0) is 48.4 Å². The lowest BCUT2D eigenvalue weighted by molar-refractivity contribution is 0.645. The number of rotatable bonds is 2. The number of anilines is 2. The fraction of sp³-hybridized carbons (Fsp3) is 0.188. The molecule has 0 aromatic heterocycles. The molecule has 100 valence electrons. The average Bonchev–Trinajstić information content (AvgIpc) is 2.47. The van der Waals surface area contributed by atoms with E-state index in [0.29, 0.717) is 5.56 Å². The van der Waals surface area contributed by atoms with E-state index in [0.717, 1.165) is 35.4 Å². The summed E-state index contributed by atoms with van der Waals surface area (Å²) in [6.07, 6.45) is 1.03. The molecule has 1 aliphatic rings. The largest absolute Gasteiger partial charge is 0.355 e. The van der Waals surface area contributed by atoms with E-state index < -0.39 is 0 Å². The van der Waals surface area contributed by atoms with Gasteiger partial charge in [0.25, 0.3) is 0 Å². The lowest BCUT2D eigenvalue weighted by Crippen LogP contribution is -2.24. The predicted octanol–water partition coefficient (Wildman–Crippen LogP) is 3.71. The summed E-state index contributed by atoms with van der Waals surface area (Å²) in [4.78, 5) is 0. The fourth-order valence-electron chi connectivity index (χ4n) is 2.53. The molecule has 1 heterocycles. The molecule has 0 saturated carbocycles. The minimum absolute atomic E-state index is 0.647. The summed E-state index contributed by atoms with van der Waals surface area (Å²) in [5.74, 6) is 0. The van der Waals surface area contributed by atoms with E-state index in [4.69, 9.17) is 5.26 Å². The van der Waals surface area contributed by atoms with Crippen molar-refractivity contribution in [2.45, 2.75) is 13.0 Å². The van der Waals surface area contributed by atoms with Gasteiger partial charge in [0.05, 0.1) is 11.6 Å². The van der Waals surface area contributed by atoms with Gasteiger partial charge in [-0.2, -0.15) is 5.26 Å². The summed E-state index contributed by atoms with van der Waals surface area (Å²) < 4.78 is 0.908. The smallest absolute Gasteiger partial charge is 0.0992 e. The molecule has 0 unspecified atom stereocenters. The van der Waals surface area contributed by atoms with E-state index in [1.807, 2.05) is 18.2 Å². The van der Waals surface area contributed by atoms with E-state index in [1.54, 1.807) is 0 Å². The third kappa shape index (κ3) is 2.69. The number of hydrogen-bond donors (Lipinski definition) is 2. The zero-order valence-corrected chi connectivity index (χ0v) is 12.5. The second-order valence-electron chi connectivity index (χ2n) is 4.84. The first kappa shape index (κ1) is 13.2. The molecule has 2 aromatic carbocycles. The Morgan fingerprint density at radius 2 is 2.15 bits per heavy atom. The van der Waals surface area contributed by atoms with Crippen molar-refractivity contribution in [1.82, 2.24) is 5.32 Å². The van der Waals surface area contributed by atoms with Crippen molar-refractivity contribution in [1.29, 1.82) is 5.26 Å². The van der Waals surface area contributed by atoms with Gasteiger partial charge in [-0.25, -0.2) is 0 Å². The van der Waals surface area contributed by atoms with E-state index in [1.165, 1.54) is 11.1 Å². The highest BCUT2D eigenvalue weighted by molar-refractivity contribution is 9.10. The van der Waals surface area contributed by atoms with Gasteiger partial charge in [-0.3, -0.25) is 0 Å². The van der Waals surface area contributed by atoms with Gasteiger partial charge in [-0.1, -0.05) is 28.1 Å². The predicted molar refractivity (Wildman–Crippen MR) is 84.0 cm³/mol. The number of nitriles is 1. The van der Waals surface area contributed by atoms with Crippen LogP contribution in [0.1, 0.15) is 16.7 Å². The first-order chi connectivity index (χ1) is 9.76. The summed E-state index contributed by atoms with van der Waals surface area (Å²) in [5, 5.41) is 15.9. The highest BCUT2D eigenvalue weighted by atomic mass is 79.9. The van der Waals surface area contributed by atoms with Gasteiger partial charge in [-0.15, -0.1) is 0 Å². The second-order valence-corrected chi connectivity index (χ2v) is 5.75. The van der Waals surface area contributed by atoms with Crippen LogP contribution in [0.3, 0.4) is 0 Å². The maximum Gasteiger partial charge on any atom is 0.0992 e. The van der Waals surface area contributed by atoms with Crippen LogP contribution >= 0.6 is 15.9 Å². The lowest BCUT2D eigenvalue weighted by atomic mass is 9.99. The van der Waals surface area contributed by atoms with Crippen LogP contribution in [0, 0.1) is 11.3 Å². The number of fused-ring (bicyclic) bond motifs is 1. The topological polar surface area (TPSA) is 47.9 Å². The van der Waals surface area contributed by atoms with Crippen molar-refractivity contribution in [3.63, 3.8) is 0 Å². The minimum atomic E-state index is 0.647. The lowest BCUT2D eigenvalue weighted by Gasteiger charge is -2.21. The highest BCUT2D eigenvalue weighted by Crippen LogP contribution is 2.28. The molecule has 0 fully saturated rings. The maximum atomic E-state index is 9.04. The molecule has 2 N–H and O–H groups in total. The molecule has 4 heteroatoms. The Morgan fingerprint density at radius 1 is 1.25 bits per heavy atom. The number of hydrogen-bond acceptors (Lipinski definition) is 3. The van der Waals surface area contributed by atoms with Crippen LogP contribution in [0.4, 0.5) is 11.4 Å². The zero-order chi connectivity index (χ0) is 13.9. The Labute approximate surface area is 126 Å². The van der Waals surface area contributed by atoms with Gasteiger partial charge in [0, 0.05) is 22.4 Å². The number of nitrogens with zero attached hydrogens (tertiary/aromatic N) is 1. The van der Waals surface area contributed by atoms with Gasteiger partial charge < -0.3 is 10.6 Å². The van der Waals surface area contributed by atoms with Crippen molar-refractivity contribution in [3.8, 4) is 6.07 Å². The summed E-state index contributed by atoms with van der Waals surface area (Å²) in [6.45, 7) is 1.93. The number of halogens is 1. The summed E-state index contributed by atoms with van der Waals surface area (Å²) in [6, 6.07) is 14.2. The molecule has 0 radical (unpaired) electrons. The Balaban J connectivity index is 1.96. The third-order valence-corrected chi connectivity index (χ3v) is 3.90. The molecular formula is C16H14BrN3. The highest BCUT2D eigenvalue weighted by Gasteiger charge is 2.12. The third-order valence-electron chi connectivity index (χ3n) is 3.45. The van der Waals surface area contributed by atoms with E-state index in [2.05, 4.69) is 50.8 Å². The minimum Gasteiger partial charge on any atom is -0.355 e. The van der Waals surface area contributed by atoms with Crippen LogP contribution in [-0.4, -0.2) is 6.54 Å². The Kier molecular flexibility index (Phi) is 3.72. The van der Waals surface area contributed by atoms with Crippen molar-refractivity contribution in [3.05, 3.63) is 57.6 Å². The first-order valence-electron chi connectivity index (χ1n) is 6.55. The first-order valence-corrected chi connectivity index (χ1v) is 7.35. The molecular weight excluding hydrogens is 314 g/mol. The molecule has 1 aliphatic heterocycles. The summed E-state index contributed by atoms with van der Waals surface area (Å²) >= 11 is 3.44. The number of nitrogens with one attached hydrogen (secondary N) is 2. The molecule has 0 aliphatic carbocycles. The quantitative estimate of drug-likeness (QED) is 0.883.